The van der Waals surface area contributed by atoms with Crippen molar-refractivity contribution in [2.75, 3.05) is 13.7 Å². The predicted octanol–water partition coefficient (Wildman–Crippen LogP) is 4.84. The largest absolute Gasteiger partial charge is 0.483 e. The van der Waals surface area contributed by atoms with Crippen LogP contribution >= 0.6 is 15.9 Å². The van der Waals surface area contributed by atoms with Crippen molar-refractivity contribution in [3.05, 3.63) is 76.3 Å². The first-order valence-electron chi connectivity index (χ1n) is 10.3. The lowest BCUT2D eigenvalue weighted by molar-refractivity contribution is -0.142. The number of hydrogen-bond acceptors (Lipinski definition) is 3. The number of halogens is 1. The second-order valence-electron chi connectivity index (χ2n) is 7.37. The van der Waals surface area contributed by atoms with Gasteiger partial charge in [-0.3, -0.25) is 9.59 Å². The highest BCUT2D eigenvalue weighted by Gasteiger charge is 2.28. The number of aryl methyl sites for hydroxylation is 1. The SMILES string of the molecule is CCC(C(=O)NC)N(Cc1ccccc1C)C(=O)COc1ccc2ccccc2c1Br. The summed E-state index contributed by atoms with van der Waals surface area (Å²) in [7, 11) is 1.59. The summed E-state index contributed by atoms with van der Waals surface area (Å²) in [5, 5.41) is 4.77. The summed E-state index contributed by atoms with van der Waals surface area (Å²) in [6.45, 7) is 4.09. The number of carbonyl (C=O) groups excluding carboxylic acids is 2. The van der Waals surface area contributed by atoms with Crippen molar-refractivity contribution in [3.63, 3.8) is 0 Å². The van der Waals surface area contributed by atoms with Crippen LogP contribution < -0.4 is 10.1 Å². The summed E-state index contributed by atoms with van der Waals surface area (Å²) in [6, 6.07) is 19.1. The number of amides is 2. The molecule has 3 aromatic rings. The fraction of sp³-hybridized carbons (Fsp3) is 0.280. The molecule has 3 rings (SSSR count). The third-order valence-electron chi connectivity index (χ3n) is 5.41. The van der Waals surface area contributed by atoms with Crippen LogP contribution in [0.4, 0.5) is 0 Å². The molecule has 0 fully saturated rings. The molecule has 1 N–H and O–H groups in total. The molecule has 2 amide bonds. The zero-order valence-corrected chi connectivity index (χ0v) is 19.6. The minimum atomic E-state index is -0.569. The van der Waals surface area contributed by atoms with Crippen molar-refractivity contribution in [3.8, 4) is 5.75 Å². The van der Waals surface area contributed by atoms with Gasteiger partial charge in [-0.2, -0.15) is 0 Å². The monoisotopic (exact) mass is 482 g/mol. The first kappa shape index (κ1) is 22.8. The maximum atomic E-state index is 13.2. The highest BCUT2D eigenvalue weighted by Crippen LogP contribution is 2.33. The molecule has 3 aromatic carbocycles. The Kier molecular flexibility index (Phi) is 7.69. The summed E-state index contributed by atoms with van der Waals surface area (Å²) in [6.07, 6.45) is 0.511. The zero-order valence-electron chi connectivity index (χ0n) is 18.0. The lowest BCUT2D eigenvalue weighted by Crippen LogP contribution is -2.49. The van der Waals surface area contributed by atoms with Crippen LogP contribution in [0, 0.1) is 6.92 Å². The Morgan fingerprint density at radius 1 is 1.06 bits per heavy atom. The lowest BCUT2D eigenvalue weighted by Gasteiger charge is -2.30. The van der Waals surface area contributed by atoms with E-state index in [-0.39, 0.29) is 18.4 Å². The quantitative estimate of drug-likeness (QED) is 0.499. The average molecular weight is 483 g/mol. The van der Waals surface area contributed by atoms with Gasteiger partial charge >= 0.3 is 0 Å². The molecule has 0 heterocycles. The van der Waals surface area contributed by atoms with Gasteiger partial charge in [-0.15, -0.1) is 0 Å². The maximum absolute atomic E-state index is 13.2. The second kappa shape index (κ2) is 10.4. The van der Waals surface area contributed by atoms with Gasteiger partial charge in [-0.1, -0.05) is 61.5 Å². The molecular weight excluding hydrogens is 456 g/mol. The summed E-state index contributed by atoms with van der Waals surface area (Å²) in [4.78, 5) is 27.3. The van der Waals surface area contributed by atoms with Gasteiger partial charge in [0.25, 0.3) is 5.91 Å². The Morgan fingerprint density at radius 2 is 1.77 bits per heavy atom. The van der Waals surface area contributed by atoms with E-state index in [2.05, 4.69) is 21.2 Å². The van der Waals surface area contributed by atoms with E-state index < -0.39 is 6.04 Å². The van der Waals surface area contributed by atoms with Gasteiger partial charge in [0.1, 0.15) is 11.8 Å². The number of carbonyl (C=O) groups is 2. The number of fused-ring (bicyclic) bond motifs is 1. The Labute approximate surface area is 191 Å². The molecule has 0 saturated heterocycles. The van der Waals surface area contributed by atoms with Crippen LogP contribution in [0.15, 0.2) is 65.1 Å². The summed E-state index contributed by atoms with van der Waals surface area (Å²) >= 11 is 3.60. The van der Waals surface area contributed by atoms with Crippen LogP contribution in [-0.2, 0) is 16.1 Å². The first-order valence-corrected chi connectivity index (χ1v) is 11.1. The first-order chi connectivity index (χ1) is 15.0. The molecule has 0 bridgehead atoms. The molecular formula is C25H27BrN2O3. The third kappa shape index (κ3) is 5.25. The predicted molar refractivity (Wildman–Crippen MR) is 127 cm³/mol. The van der Waals surface area contributed by atoms with Crippen LogP contribution in [0.2, 0.25) is 0 Å². The molecule has 0 aliphatic rings. The van der Waals surface area contributed by atoms with Crippen molar-refractivity contribution in [2.24, 2.45) is 0 Å². The van der Waals surface area contributed by atoms with Crippen molar-refractivity contribution >= 4 is 38.5 Å². The van der Waals surface area contributed by atoms with E-state index in [1.165, 1.54) is 0 Å². The van der Waals surface area contributed by atoms with Gasteiger partial charge in [-0.05, 0) is 57.2 Å². The van der Waals surface area contributed by atoms with Crippen molar-refractivity contribution in [1.82, 2.24) is 10.2 Å². The summed E-state index contributed by atoms with van der Waals surface area (Å²) < 4.78 is 6.70. The molecule has 6 heteroatoms. The van der Waals surface area contributed by atoms with E-state index in [9.17, 15) is 9.59 Å². The fourth-order valence-electron chi connectivity index (χ4n) is 3.60. The van der Waals surface area contributed by atoms with Crippen LogP contribution in [0.5, 0.6) is 5.75 Å². The number of likely N-dealkylation sites (N-methyl/N-ethyl adjacent to an activating group) is 1. The van der Waals surface area contributed by atoms with Gasteiger partial charge in [0.15, 0.2) is 6.61 Å². The topological polar surface area (TPSA) is 58.6 Å². The summed E-state index contributed by atoms with van der Waals surface area (Å²) in [5.74, 6) is 0.172. The summed E-state index contributed by atoms with van der Waals surface area (Å²) in [5.41, 5.74) is 2.08. The van der Waals surface area contributed by atoms with E-state index in [4.69, 9.17) is 4.74 Å². The van der Waals surface area contributed by atoms with Crippen LogP contribution in [0.3, 0.4) is 0 Å². The van der Waals surface area contributed by atoms with Crippen molar-refractivity contribution in [1.29, 1.82) is 0 Å². The molecule has 0 spiro atoms. The molecule has 1 unspecified atom stereocenters. The lowest BCUT2D eigenvalue weighted by atomic mass is 10.1. The Hall–Kier alpha value is -2.86. The van der Waals surface area contributed by atoms with Crippen LogP contribution in [-0.4, -0.2) is 36.4 Å². The molecule has 162 valence electrons. The number of benzene rings is 3. The van der Waals surface area contributed by atoms with Crippen molar-refractivity contribution < 1.29 is 14.3 Å². The number of rotatable bonds is 8. The van der Waals surface area contributed by atoms with Gasteiger partial charge in [-0.25, -0.2) is 0 Å². The van der Waals surface area contributed by atoms with E-state index >= 15 is 0 Å². The van der Waals surface area contributed by atoms with Gasteiger partial charge in [0.2, 0.25) is 5.91 Å². The van der Waals surface area contributed by atoms with Crippen LogP contribution in [0.1, 0.15) is 24.5 Å². The molecule has 0 aliphatic carbocycles. The highest BCUT2D eigenvalue weighted by molar-refractivity contribution is 9.10. The van der Waals surface area contributed by atoms with E-state index in [1.54, 1.807) is 11.9 Å². The Bertz CT molecular complexity index is 1080. The number of nitrogens with one attached hydrogen (secondary N) is 1. The minimum absolute atomic E-state index is 0.156. The van der Waals surface area contributed by atoms with E-state index in [0.29, 0.717) is 18.7 Å². The molecule has 1 atom stereocenters. The van der Waals surface area contributed by atoms with Gasteiger partial charge in [0, 0.05) is 13.6 Å². The number of nitrogens with zero attached hydrogens (tertiary/aromatic N) is 1. The molecule has 5 nitrogen and oxygen atoms in total. The smallest absolute Gasteiger partial charge is 0.261 e. The molecule has 0 aromatic heterocycles. The normalized spacial score (nSPS) is 11.7. The van der Waals surface area contributed by atoms with Gasteiger partial charge in [0.05, 0.1) is 4.47 Å². The van der Waals surface area contributed by atoms with Crippen molar-refractivity contribution in [2.45, 2.75) is 32.9 Å². The highest BCUT2D eigenvalue weighted by atomic mass is 79.9. The zero-order chi connectivity index (χ0) is 22.4. The van der Waals surface area contributed by atoms with Crippen LogP contribution in [0.25, 0.3) is 10.8 Å². The molecule has 0 saturated carbocycles. The maximum Gasteiger partial charge on any atom is 0.261 e. The minimum Gasteiger partial charge on any atom is -0.483 e. The molecule has 31 heavy (non-hydrogen) atoms. The Morgan fingerprint density at radius 3 is 2.48 bits per heavy atom. The van der Waals surface area contributed by atoms with E-state index in [1.807, 2.05) is 74.5 Å². The number of hydrogen-bond donors (Lipinski definition) is 1. The molecule has 0 aliphatic heterocycles. The number of ether oxygens (including phenoxy) is 1. The van der Waals surface area contributed by atoms with E-state index in [0.717, 1.165) is 26.4 Å². The third-order valence-corrected chi connectivity index (χ3v) is 6.23. The fourth-order valence-corrected chi connectivity index (χ4v) is 4.21. The standard InChI is InChI=1S/C25H27BrN2O3/c1-4-21(25(30)27-3)28(15-19-11-6-5-9-17(19)2)23(29)16-31-22-14-13-18-10-7-8-12-20(18)24(22)26/h5-14,21H,4,15-16H2,1-3H3,(H,27,30). The Balaban J connectivity index is 1.83. The average Bonchev–Trinajstić information content (AvgIpc) is 2.79. The second-order valence-corrected chi connectivity index (χ2v) is 8.17. The van der Waals surface area contributed by atoms with Gasteiger partial charge < -0.3 is 15.0 Å². The molecule has 0 radical (unpaired) electrons.